The van der Waals surface area contributed by atoms with Crippen LogP contribution in [0, 0.1) is 5.82 Å². The van der Waals surface area contributed by atoms with E-state index in [1.165, 1.54) is 17.7 Å². The quantitative estimate of drug-likeness (QED) is 0.614. The zero-order chi connectivity index (χ0) is 21.8. The monoisotopic (exact) mass is 417 g/mol. The summed E-state index contributed by atoms with van der Waals surface area (Å²) in [6.07, 6.45) is 0. The molecule has 3 aromatic rings. The van der Waals surface area contributed by atoms with Crippen molar-refractivity contribution in [1.29, 1.82) is 0 Å². The van der Waals surface area contributed by atoms with E-state index in [-0.39, 0.29) is 17.8 Å². The summed E-state index contributed by atoms with van der Waals surface area (Å²) in [4.78, 5) is 19.4. The summed E-state index contributed by atoms with van der Waals surface area (Å²) < 4.78 is 13.5. The molecular formula is C26H28FN3O. The van der Waals surface area contributed by atoms with Gasteiger partial charge in [0.1, 0.15) is 5.82 Å². The fraction of sp³-hybridized carbons (Fsp3) is 0.269. The minimum Gasteiger partial charge on any atom is -0.378 e. The van der Waals surface area contributed by atoms with Crippen LogP contribution < -0.4 is 4.90 Å². The van der Waals surface area contributed by atoms with Crippen molar-refractivity contribution in [3.05, 3.63) is 101 Å². The van der Waals surface area contributed by atoms with E-state index in [1.807, 2.05) is 78.5 Å². The van der Waals surface area contributed by atoms with Gasteiger partial charge in [0.25, 0.3) is 5.91 Å². The molecule has 4 rings (SSSR count). The van der Waals surface area contributed by atoms with Crippen molar-refractivity contribution < 1.29 is 9.18 Å². The SMILES string of the molecule is CN(C)c1cccc(C(=O)N2CCN(C(c3ccccc3)c3ccc(F)cc3)CC2)c1. The zero-order valence-electron chi connectivity index (χ0n) is 18.0. The Balaban J connectivity index is 1.51. The molecule has 4 nitrogen and oxygen atoms in total. The van der Waals surface area contributed by atoms with Crippen LogP contribution in [0.25, 0.3) is 0 Å². The highest BCUT2D eigenvalue weighted by Gasteiger charge is 2.28. The molecule has 1 fully saturated rings. The zero-order valence-corrected chi connectivity index (χ0v) is 18.0. The van der Waals surface area contributed by atoms with Crippen LogP contribution in [0.3, 0.4) is 0 Å². The molecule has 1 unspecified atom stereocenters. The number of carbonyl (C=O) groups excluding carboxylic acids is 1. The molecule has 0 saturated carbocycles. The number of nitrogens with zero attached hydrogens (tertiary/aromatic N) is 3. The van der Waals surface area contributed by atoms with Gasteiger partial charge in [-0.3, -0.25) is 9.69 Å². The van der Waals surface area contributed by atoms with Crippen LogP contribution in [-0.2, 0) is 0 Å². The molecule has 0 spiro atoms. The van der Waals surface area contributed by atoms with Crippen LogP contribution in [0.5, 0.6) is 0 Å². The van der Waals surface area contributed by atoms with E-state index in [0.717, 1.165) is 29.9 Å². The van der Waals surface area contributed by atoms with E-state index in [2.05, 4.69) is 17.0 Å². The highest BCUT2D eigenvalue weighted by molar-refractivity contribution is 5.95. The number of rotatable bonds is 5. The van der Waals surface area contributed by atoms with Crippen molar-refractivity contribution in [1.82, 2.24) is 9.80 Å². The largest absolute Gasteiger partial charge is 0.378 e. The summed E-state index contributed by atoms with van der Waals surface area (Å²) in [5.74, 6) is -0.160. The second kappa shape index (κ2) is 9.31. The Labute approximate surface area is 183 Å². The Bertz CT molecular complexity index is 1010. The summed E-state index contributed by atoms with van der Waals surface area (Å²) in [6, 6.07) is 24.8. The highest BCUT2D eigenvalue weighted by atomic mass is 19.1. The van der Waals surface area contributed by atoms with Gasteiger partial charge in [-0.1, -0.05) is 48.5 Å². The molecule has 0 radical (unpaired) electrons. The topological polar surface area (TPSA) is 26.8 Å². The van der Waals surface area contributed by atoms with Gasteiger partial charge >= 0.3 is 0 Å². The van der Waals surface area contributed by atoms with Gasteiger partial charge in [0.15, 0.2) is 0 Å². The number of piperazine rings is 1. The second-order valence-corrected chi connectivity index (χ2v) is 8.14. The molecule has 3 aromatic carbocycles. The molecule has 0 N–H and O–H groups in total. The maximum absolute atomic E-state index is 13.5. The molecule has 1 heterocycles. The third kappa shape index (κ3) is 4.78. The number of benzene rings is 3. The highest BCUT2D eigenvalue weighted by Crippen LogP contribution is 2.30. The van der Waals surface area contributed by atoms with Crippen molar-refractivity contribution >= 4 is 11.6 Å². The normalized spacial score (nSPS) is 15.5. The number of hydrogen-bond acceptors (Lipinski definition) is 3. The van der Waals surface area contributed by atoms with Crippen molar-refractivity contribution in [3.63, 3.8) is 0 Å². The first-order valence-electron chi connectivity index (χ1n) is 10.6. The third-order valence-electron chi connectivity index (χ3n) is 5.88. The van der Waals surface area contributed by atoms with Gasteiger partial charge < -0.3 is 9.80 Å². The van der Waals surface area contributed by atoms with Gasteiger partial charge in [0.2, 0.25) is 0 Å². The van der Waals surface area contributed by atoms with Crippen molar-refractivity contribution in [2.45, 2.75) is 6.04 Å². The molecule has 0 aliphatic carbocycles. The minimum absolute atomic E-state index is 0.0381. The average molecular weight is 418 g/mol. The number of hydrogen-bond donors (Lipinski definition) is 0. The molecular weight excluding hydrogens is 389 g/mol. The van der Waals surface area contributed by atoms with Gasteiger partial charge in [0, 0.05) is 51.5 Å². The van der Waals surface area contributed by atoms with Crippen LogP contribution in [0.15, 0.2) is 78.9 Å². The predicted molar refractivity (Wildman–Crippen MR) is 123 cm³/mol. The lowest BCUT2D eigenvalue weighted by molar-refractivity contribution is 0.0597. The van der Waals surface area contributed by atoms with Crippen molar-refractivity contribution in [2.24, 2.45) is 0 Å². The Kier molecular flexibility index (Phi) is 6.33. The lowest BCUT2D eigenvalue weighted by atomic mass is 9.96. The fourth-order valence-corrected chi connectivity index (χ4v) is 4.18. The van der Waals surface area contributed by atoms with Gasteiger partial charge in [0.05, 0.1) is 6.04 Å². The number of amides is 1. The summed E-state index contributed by atoms with van der Waals surface area (Å²) in [5, 5.41) is 0. The standard InChI is InChI=1S/C26H28FN3O/c1-28(2)24-10-6-9-22(19-24)26(31)30-17-15-29(16-18-30)25(20-7-4-3-5-8-20)21-11-13-23(27)14-12-21/h3-14,19,25H,15-18H2,1-2H3. The number of halogens is 1. The first-order chi connectivity index (χ1) is 15.0. The first kappa shape index (κ1) is 21.1. The van der Waals surface area contributed by atoms with Gasteiger partial charge in [-0.05, 0) is 41.5 Å². The van der Waals surface area contributed by atoms with Crippen LogP contribution in [0.4, 0.5) is 10.1 Å². The van der Waals surface area contributed by atoms with Gasteiger partial charge in [-0.25, -0.2) is 4.39 Å². The molecule has 1 saturated heterocycles. The van der Waals surface area contributed by atoms with E-state index in [4.69, 9.17) is 0 Å². The summed E-state index contributed by atoms with van der Waals surface area (Å²) in [5.41, 5.74) is 3.97. The predicted octanol–water partition coefficient (Wildman–Crippen LogP) is 4.44. The van der Waals surface area contributed by atoms with Crippen molar-refractivity contribution in [2.75, 3.05) is 45.2 Å². The third-order valence-corrected chi connectivity index (χ3v) is 5.88. The van der Waals surface area contributed by atoms with E-state index < -0.39 is 0 Å². The smallest absolute Gasteiger partial charge is 0.254 e. The van der Waals surface area contributed by atoms with Crippen LogP contribution in [-0.4, -0.2) is 56.0 Å². The number of anilines is 1. The Morgan fingerprint density at radius 3 is 2.13 bits per heavy atom. The Morgan fingerprint density at radius 2 is 1.48 bits per heavy atom. The van der Waals surface area contributed by atoms with Gasteiger partial charge in [-0.2, -0.15) is 0 Å². The Hall–Kier alpha value is -3.18. The van der Waals surface area contributed by atoms with Crippen molar-refractivity contribution in [3.8, 4) is 0 Å². The molecule has 31 heavy (non-hydrogen) atoms. The van der Waals surface area contributed by atoms with Crippen LogP contribution >= 0.6 is 0 Å². The molecule has 1 amide bonds. The van der Waals surface area contributed by atoms with Gasteiger partial charge in [-0.15, -0.1) is 0 Å². The molecule has 1 aliphatic rings. The van der Waals surface area contributed by atoms with E-state index in [0.29, 0.717) is 13.1 Å². The molecule has 1 aliphatic heterocycles. The molecule has 0 aromatic heterocycles. The molecule has 1 atom stereocenters. The maximum atomic E-state index is 13.5. The lowest BCUT2D eigenvalue weighted by Gasteiger charge is -2.40. The lowest BCUT2D eigenvalue weighted by Crippen LogP contribution is -2.49. The number of carbonyl (C=O) groups is 1. The summed E-state index contributed by atoms with van der Waals surface area (Å²) >= 11 is 0. The first-order valence-corrected chi connectivity index (χ1v) is 10.6. The summed E-state index contributed by atoms with van der Waals surface area (Å²) in [7, 11) is 3.95. The molecule has 160 valence electrons. The van der Waals surface area contributed by atoms with Crippen LogP contribution in [0.2, 0.25) is 0 Å². The van der Waals surface area contributed by atoms with Crippen LogP contribution in [0.1, 0.15) is 27.5 Å². The fourth-order valence-electron chi connectivity index (χ4n) is 4.18. The Morgan fingerprint density at radius 1 is 0.839 bits per heavy atom. The summed E-state index contributed by atoms with van der Waals surface area (Å²) in [6.45, 7) is 2.84. The average Bonchev–Trinajstić information content (AvgIpc) is 2.81. The van der Waals surface area contributed by atoms with E-state index in [1.54, 1.807) is 0 Å². The minimum atomic E-state index is -0.231. The van der Waals surface area contributed by atoms with E-state index in [9.17, 15) is 9.18 Å². The van der Waals surface area contributed by atoms with E-state index >= 15 is 0 Å². The molecule has 5 heteroatoms. The molecule has 0 bridgehead atoms. The maximum Gasteiger partial charge on any atom is 0.254 e. The second-order valence-electron chi connectivity index (χ2n) is 8.14.